The van der Waals surface area contributed by atoms with Crippen LogP contribution < -0.4 is 0 Å². The number of rotatable bonds is 9. The second-order valence-electron chi connectivity index (χ2n) is 6.42. The number of nitrogens with zero attached hydrogens (tertiary/aromatic N) is 1. The molecule has 0 unspecified atom stereocenters. The lowest BCUT2D eigenvalue weighted by atomic mass is 9.97. The van der Waals surface area contributed by atoms with Gasteiger partial charge in [0.2, 0.25) is 5.91 Å². The molecule has 1 aromatic rings. The summed E-state index contributed by atoms with van der Waals surface area (Å²) >= 11 is 1.83. The number of hydrogen-bond donors (Lipinski definition) is 0. The number of ether oxygens (including phenoxy) is 1. The van der Waals surface area contributed by atoms with Crippen molar-refractivity contribution in [1.29, 1.82) is 0 Å². The molecule has 1 saturated heterocycles. The van der Waals surface area contributed by atoms with Gasteiger partial charge in [-0.05, 0) is 50.0 Å². The van der Waals surface area contributed by atoms with Crippen LogP contribution in [0.2, 0.25) is 0 Å². The Kier molecular flexibility index (Phi) is 8.40. The largest absolute Gasteiger partial charge is 0.377 e. The number of piperidine rings is 1. The Balaban J connectivity index is 1.58. The molecule has 132 valence electrons. The SMILES string of the molecule is C=CCOCC1CCN(C(=O)CCCSc2ccc(C)cc2)CC1. The maximum absolute atomic E-state index is 12.3. The molecule has 24 heavy (non-hydrogen) atoms. The van der Waals surface area contributed by atoms with Crippen LogP contribution in [0.25, 0.3) is 0 Å². The highest BCUT2D eigenvalue weighted by atomic mass is 32.2. The molecule has 4 heteroatoms. The van der Waals surface area contributed by atoms with Crippen LogP contribution in [0.15, 0.2) is 41.8 Å². The first-order valence-electron chi connectivity index (χ1n) is 8.85. The second kappa shape index (κ2) is 10.6. The van der Waals surface area contributed by atoms with Crippen molar-refractivity contribution >= 4 is 17.7 Å². The van der Waals surface area contributed by atoms with Gasteiger partial charge in [0.1, 0.15) is 0 Å². The van der Waals surface area contributed by atoms with Crippen LogP contribution in [0.4, 0.5) is 0 Å². The number of likely N-dealkylation sites (tertiary alicyclic amines) is 1. The first-order valence-corrected chi connectivity index (χ1v) is 9.83. The van der Waals surface area contributed by atoms with Crippen molar-refractivity contribution in [2.45, 2.75) is 37.5 Å². The molecule has 1 fully saturated rings. The molecule has 0 bridgehead atoms. The van der Waals surface area contributed by atoms with Gasteiger partial charge in [-0.25, -0.2) is 0 Å². The second-order valence-corrected chi connectivity index (χ2v) is 7.58. The van der Waals surface area contributed by atoms with Crippen LogP contribution in [-0.2, 0) is 9.53 Å². The van der Waals surface area contributed by atoms with E-state index >= 15 is 0 Å². The van der Waals surface area contributed by atoms with Gasteiger partial charge in [-0.15, -0.1) is 18.3 Å². The minimum Gasteiger partial charge on any atom is -0.377 e. The summed E-state index contributed by atoms with van der Waals surface area (Å²) in [5.41, 5.74) is 1.29. The maximum Gasteiger partial charge on any atom is 0.222 e. The summed E-state index contributed by atoms with van der Waals surface area (Å²) in [6.45, 7) is 8.93. The first kappa shape index (κ1) is 19.1. The van der Waals surface area contributed by atoms with Crippen LogP contribution in [0, 0.1) is 12.8 Å². The van der Waals surface area contributed by atoms with Crippen molar-refractivity contribution in [3.63, 3.8) is 0 Å². The first-order chi connectivity index (χ1) is 11.7. The molecule has 1 aliphatic rings. The molecule has 3 nitrogen and oxygen atoms in total. The Bertz CT molecular complexity index is 507. The van der Waals surface area contributed by atoms with E-state index in [9.17, 15) is 4.79 Å². The predicted octanol–water partition coefficient (Wildman–Crippen LogP) is 4.31. The molecule has 0 saturated carbocycles. The monoisotopic (exact) mass is 347 g/mol. The van der Waals surface area contributed by atoms with E-state index < -0.39 is 0 Å². The molecule has 0 aliphatic carbocycles. The summed E-state index contributed by atoms with van der Waals surface area (Å²) in [5, 5.41) is 0. The van der Waals surface area contributed by atoms with Gasteiger partial charge in [-0.1, -0.05) is 23.8 Å². The Morgan fingerprint density at radius 3 is 2.71 bits per heavy atom. The molecule has 0 aromatic heterocycles. The number of thioether (sulfide) groups is 1. The summed E-state index contributed by atoms with van der Waals surface area (Å²) in [7, 11) is 0. The average Bonchev–Trinajstić information content (AvgIpc) is 2.61. The quantitative estimate of drug-likeness (QED) is 0.379. The highest BCUT2D eigenvalue weighted by Gasteiger charge is 2.22. The summed E-state index contributed by atoms with van der Waals surface area (Å²) in [6, 6.07) is 8.58. The predicted molar refractivity (Wildman–Crippen MR) is 101 cm³/mol. The Morgan fingerprint density at radius 1 is 1.33 bits per heavy atom. The number of amides is 1. The van der Waals surface area contributed by atoms with Crippen LogP contribution in [0.5, 0.6) is 0 Å². The summed E-state index contributed by atoms with van der Waals surface area (Å²) in [6.07, 6.45) is 5.51. The standard InChI is InChI=1S/C20H29NO2S/c1-3-14-23-16-18-10-12-21(13-11-18)20(22)5-4-15-24-19-8-6-17(2)7-9-19/h3,6-9,18H,1,4-5,10-16H2,2H3. The fourth-order valence-electron chi connectivity index (χ4n) is 2.87. The maximum atomic E-state index is 12.3. The van der Waals surface area contributed by atoms with E-state index in [0.29, 0.717) is 24.9 Å². The smallest absolute Gasteiger partial charge is 0.222 e. The molecular weight excluding hydrogens is 318 g/mol. The fraction of sp³-hybridized carbons (Fsp3) is 0.550. The zero-order valence-electron chi connectivity index (χ0n) is 14.7. The van der Waals surface area contributed by atoms with Gasteiger partial charge in [0.05, 0.1) is 6.61 Å². The van der Waals surface area contributed by atoms with Gasteiger partial charge in [-0.3, -0.25) is 4.79 Å². The Hall–Kier alpha value is -1.26. The molecule has 0 radical (unpaired) electrons. The van der Waals surface area contributed by atoms with E-state index in [2.05, 4.69) is 37.8 Å². The van der Waals surface area contributed by atoms with Gasteiger partial charge in [0.15, 0.2) is 0 Å². The van der Waals surface area contributed by atoms with Crippen molar-refractivity contribution in [1.82, 2.24) is 4.90 Å². The van der Waals surface area contributed by atoms with E-state index in [4.69, 9.17) is 4.74 Å². The van der Waals surface area contributed by atoms with Gasteiger partial charge in [0, 0.05) is 31.0 Å². The molecule has 0 N–H and O–H groups in total. The minimum atomic E-state index is 0.310. The van der Waals surface area contributed by atoms with Gasteiger partial charge in [-0.2, -0.15) is 0 Å². The van der Waals surface area contributed by atoms with Crippen molar-refractivity contribution in [3.05, 3.63) is 42.5 Å². The van der Waals surface area contributed by atoms with Crippen LogP contribution >= 0.6 is 11.8 Å². The zero-order valence-corrected chi connectivity index (χ0v) is 15.5. The lowest BCUT2D eigenvalue weighted by molar-refractivity contribution is -0.132. The summed E-state index contributed by atoms with van der Waals surface area (Å²) in [4.78, 5) is 15.6. The number of carbonyl (C=O) groups is 1. The van der Waals surface area contributed by atoms with Crippen LogP contribution in [0.1, 0.15) is 31.2 Å². The van der Waals surface area contributed by atoms with Crippen LogP contribution in [0.3, 0.4) is 0 Å². The van der Waals surface area contributed by atoms with E-state index in [1.807, 2.05) is 16.7 Å². The lowest BCUT2D eigenvalue weighted by Crippen LogP contribution is -2.39. The van der Waals surface area contributed by atoms with Crippen molar-refractivity contribution < 1.29 is 9.53 Å². The van der Waals surface area contributed by atoms with E-state index in [1.165, 1.54) is 10.5 Å². The Labute approximate surface area is 150 Å². The molecule has 1 aromatic carbocycles. The molecule has 1 amide bonds. The third kappa shape index (κ3) is 6.70. The highest BCUT2D eigenvalue weighted by Crippen LogP contribution is 2.21. The molecule has 0 atom stereocenters. The number of benzene rings is 1. The van der Waals surface area contributed by atoms with E-state index in [-0.39, 0.29) is 0 Å². The summed E-state index contributed by atoms with van der Waals surface area (Å²) in [5.74, 6) is 1.90. The normalized spacial score (nSPS) is 15.5. The number of hydrogen-bond acceptors (Lipinski definition) is 3. The van der Waals surface area contributed by atoms with E-state index in [0.717, 1.165) is 44.7 Å². The van der Waals surface area contributed by atoms with Crippen LogP contribution in [-0.4, -0.2) is 42.9 Å². The molecule has 2 rings (SSSR count). The van der Waals surface area contributed by atoms with E-state index in [1.54, 1.807) is 6.08 Å². The van der Waals surface area contributed by atoms with Gasteiger partial charge in [0.25, 0.3) is 0 Å². The third-order valence-corrected chi connectivity index (χ3v) is 5.48. The molecule has 0 spiro atoms. The minimum absolute atomic E-state index is 0.310. The molecular formula is C20H29NO2S. The molecule has 1 aliphatic heterocycles. The van der Waals surface area contributed by atoms with Crippen molar-refractivity contribution in [3.8, 4) is 0 Å². The average molecular weight is 348 g/mol. The third-order valence-electron chi connectivity index (χ3n) is 4.38. The summed E-state index contributed by atoms with van der Waals surface area (Å²) < 4.78 is 5.52. The van der Waals surface area contributed by atoms with Gasteiger partial charge < -0.3 is 9.64 Å². The fourth-order valence-corrected chi connectivity index (χ4v) is 3.73. The lowest BCUT2D eigenvalue weighted by Gasteiger charge is -2.32. The number of aryl methyl sites for hydroxylation is 1. The zero-order chi connectivity index (χ0) is 17.2. The number of carbonyl (C=O) groups excluding carboxylic acids is 1. The van der Waals surface area contributed by atoms with Crippen molar-refractivity contribution in [2.75, 3.05) is 32.1 Å². The Morgan fingerprint density at radius 2 is 2.04 bits per heavy atom. The molecule has 1 heterocycles. The van der Waals surface area contributed by atoms with Crippen molar-refractivity contribution in [2.24, 2.45) is 5.92 Å². The topological polar surface area (TPSA) is 29.5 Å². The highest BCUT2D eigenvalue weighted by molar-refractivity contribution is 7.99. The van der Waals surface area contributed by atoms with Gasteiger partial charge >= 0.3 is 0 Å².